The normalized spacial score (nSPS) is 21.9. The molecule has 1 aliphatic heterocycles. The zero-order valence-electron chi connectivity index (χ0n) is 10.2. The van der Waals surface area contributed by atoms with E-state index in [0.29, 0.717) is 18.6 Å². The predicted octanol–water partition coefficient (Wildman–Crippen LogP) is 2.08. The van der Waals surface area contributed by atoms with Crippen molar-refractivity contribution in [1.29, 1.82) is 0 Å². The van der Waals surface area contributed by atoms with Gasteiger partial charge in [0.15, 0.2) is 0 Å². The number of hydrogen-bond donors (Lipinski definition) is 2. The molecule has 100 valence electrons. The third-order valence-electron chi connectivity index (χ3n) is 3.59. The van der Waals surface area contributed by atoms with E-state index in [9.17, 15) is 4.79 Å². The zero-order chi connectivity index (χ0) is 11.2. The molecule has 0 bridgehead atoms. The Balaban J connectivity index is 0.00000144. The Bertz CT molecular complexity index is 227. The van der Waals surface area contributed by atoms with Crippen LogP contribution < -0.4 is 10.6 Å². The Morgan fingerprint density at radius 2 is 1.82 bits per heavy atom. The van der Waals surface area contributed by atoms with Crippen LogP contribution in [0.2, 0.25) is 0 Å². The smallest absolute Gasteiger partial charge is 0.407 e. The highest BCUT2D eigenvalue weighted by molar-refractivity contribution is 5.85. The van der Waals surface area contributed by atoms with Crippen LogP contribution in [-0.2, 0) is 4.74 Å². The van der Waals surface area contributed by atoms with Crippen molar-refractivity contribution >= 4 is 18.5 Å². The first-order valence-corrected chi connectivity index (χ1v) is 6.48. The van der Waals surface area contributed by atoms with Crippen LogP contribution in [0.4, 0.5) is 4.79 Å². The van der Waals surface area contributed by atoms with Crippen LogP contribution >= 0.6 is 12.4 Å². The van der Waals surface area contributed by atoms with Crippen molar-refractivity contribution in [3.8, 4) is 0 Å². The summed E-state index contributed by atoms with van der Waals surface area (Å²) in [7, 11) is 0. The predicted molar refractivity (Wildman–Crippen MR) is 69.6 cm³/mol. The second-order valence-corrected chi connectivity index (χ2v) is 4.92. The quantitative estimate of drug-likeness (QED) is 0.819. The van der Waals surface area contributed by atoms with E-state index in [0.717, 1.165) is 38.8 Å². The van der Waals surface area contributed by atoms with E-state index in [2.05, 4.69) is 10.6 Å². The number of piperidine rings is 1. The molecule has 0 aromatic carbocycles. The molecule has 2 aliphatic rings. The summed E-state index contributed by atoms with van der Waals surface area (Å²) in [4.78, 5) is 11.5. The van der Waals surface area contributed by atoms with Gasteiger partial charge in [0.05, 0.1) is 6.61 Å². The van der Waals surface area contributed by atoms with Gasteiger partial charge >= 0.3 is 6.09 Å². The summed E-state index contributed by atoms with van der Waals surface area (Å²) >= 11 is 0. The fraction of sp³-hybridized carbons (Fsp3) is 0.917. The van der Waals surface area contributed by atoms with Gasteiger partial charge in [-0.15, -0.1) is 12.4 Å². The SMILES string of the molecule is Cl.O=C(NC1CCCC1)OCC1CCNCC1. The van der Waals surface area contributed by atoms with Crippen LogP contribution in [0.25, 0.3) is 0 Å². The van der Waals surface area contributed by atoms with Crippen LogP contribution in [0.3, 0.4) is 0 Å². The fourth-order valence-electron chi connectivity index (χ4n) is 2.52. The molecule has 0 aromatic rings. The number of ether oxygens (including phenoxy) is 1. The summed E-state index contributed by atoms with van der Waals surface area (Å²) in [6.07, 6.45) is 6.72. The summed E-state index contributed by atoms with van der Waals surface area (Å²) in [5, 5.41) is 6.25. The van der Waals surface area contributed by atoms with Gasteiger partial charge in [-0.25, -0.2) is 4.79 Å². The van der Waals surface area contributed by atoms with Crippen molar-refractivity contribution in [2.75, 3.05) is 19.7 Å². The van der Waals surface area contributed by atoms with E-state index in [-0.39, 0.29) is 18.5 Å². The van der Waals surface area contributed by atoms with E-state index >= 15 is 0 Å². The molecule has 0 radical (unpaired) electrons. The first-order chi connectivity index (χ1) is 7.84. The van der Waals surface area contributed by atoms with E-state index in [1.165, 1.54) is 12.8 Å². The summed E-state index contributed by atoms with van der Waals surface area (Å²) in [5.74, 6) is 0.551. The number of halogens is 1. The van der Waals surface area contributed by atoms with Gasteiger partial charge in [-0.2, -0.15) is 0 Å². The maximum Gasteiger partial charge on any atom is 0.407 e. The van der Waals surface area contributed by atoms with E-state index in [1.807, 2.05) is 0 Å². The standard InChI is InChI=1S/C12H22N2O2.ClH/c15-12(14-11-3-1-2-4-11)16-9-10-5-7-13-8-6-10;/h10-11,13H,1-9H2,(H,14,15);1H. The molecule has 5 heteroatoms. The highest BCUT2D eigenvalue weighted by atomic mass is 35.5. The molecule has 0 atom stereocenters. The molecule has 1 amide bonds. The first-order valence-electron chi connectivity index (χ1n) is 6.48. The van der Waals surface area contributed by atoms with E-state index < -0.39 is 0 Å². The molecular weight excluding hydrogens is 240 g/mol. The highest BCUT2D eigenvalue weighted by Gasteiger charge is 2.19. The minimum atomic E-state index is -0.217. The third kappa shape index (κ3) is 5.13. The second kappa shape index (κ2) is 7.77. The largest absolute Gasteiger partial charge is 0.449 e. The van der Waals surface area contributed by atoms with Crippen LogP contribution in [0.15, 0.2) is 0 Å². The number of alkyl carbamates (subject to hydrolysis) is 1. The number of amides is 1. The molecule has 1 saturated heterocycles. The van der Waals surface area contributed by atoms with Gasteiger partial charge in [0, 0.05) is 6.04 Å². The van der Waals surface area contributed by atoms with Gasteiger partial charge in [-0.3, -0.25) is 0 Å². The van der Waals surface area contributed by atoms with Gasteiger partial charge in [-0.05, 0) is 44.7 Å². The maximum atomic E-state index is 11.5. The van der Waals surface area contributed by atoms with Gasteiger partial charge in [0.25, 0.3) is 0 Å². The topological polar surface area (TPSA) is 50.4 Å². The van der Waals surface area contributed by atoms with Crippen molar-refractivity contribution < 1.29 is 9.53 Å². The molecule has 17 heavy (non-hydrogen) atoms. The molecule has 2 rings (SSSR count). The van der Waals surface area contributed by atoms with Gasteiger partial charge in [-0.1, -0.05) is 12.8 Å². The van der Waals surface area contributed by atoms with Crippen LogP contribution in [0, 0.1) is 5.92 Å². The van der Waals surface area contributed by atoms with Crippen molar-refractivity contribution in [2.24, 2.45) is 5.92 Å². The van der Waals surface area contributed by atoms with Crippen LogP contribution in [0.5, 0.6) is 0 Å². The van der Waals surface area contributed by atoms with Crippen molar-refractivity contribution in [2.45, 2.75) is 44.6 Å². The molecule has 1 aliphatic carbocycles. The fourth-order valence-corrected chi connectivity index (χ4v) is 2.52. The molecule has 1 saturated carbocycles. The summed E-state index contributed by atoms with van der Waals surface area (Å²) in [6, 6.07) is 0.362. The molecule has 0 unspecified atom stereocenters. The Kier molecular flexibility index (Phi) is 6.66. The molecular formula is C12H23ClN2O2. The third-order valence-corrected chi connectivity index (χ3v) is 3.59. The summed E-state index contributed by atoms with van der Waals surface area (Å²) in [6.45, 7) is 2.69. The highest BCUT2D eigenvalue weighted by Crippen LogP contribution is 2.18. The lowest BCUT2D eigenvalue weighted by molar-refractivity contribution is 0.115. The monoisotopic (exact) mass is 262 g/mol. The number of rotatable bonds is 3. The van der Waals surface area contributed by atoms with Crippen molar-refractivity contribution in [3.63, 3.8) is 0 Å². The molecule has 2 N–H and O–H groups in total. The minimum absolute atomic E-state index is 0. The lowest BCUT2D eigenvalue weighted by Gasteiger charge is -2.22. The Morgan fingerprint density at radius 3 is 2.47 bits per heavy atom. The molecule has 2 fully saturated rings. The molecule has 1 heterocycles. The summed E-state index contributed by atoms with van der Waals surface area (Å²) < 4.78 is 5.27. The maximum absolute atomic E-state index is 11.5. The molecule has 0 aromatic heterocycles. The van der Waals surface area contributed by atoms with E-state index in [4.69, 9.17) is 4.74 Å². The average Bonchev–Trinajstić information content (AvgIpc) is 2.81. The molecule has 0 spiro atoms. The Morgan fingerprint density at radius 1 is 1.18 bits per heavy atom. The van der Waals surface area contributed by atoms with Crippen molar-refractivity contribution in [3.05, 3.63) is 0 Å². The number of hydrogen-bond acceptors (Lipinski definition) is 3. The summed E-state index contributed by atoms with van der Waals surface area (Å²) in [5.41, 5.74) is 0. The Hall–Kier alpha value is -0.480. The number of carbonyl (C=O) groups is 1. The molecule has 4 nitrogen and oxygen atoms in total. The van der Waals surface area contributed by atoms with Gasteiger partial charge in [0.1, 0.15) is 0 Å². The van der Waals surface area contributed by atoms with Crippen LogP contribution in [-0.4, -0.2) is 31.8 Å². The van der Waals surface area contributed by atoms with Gasteiger partial charge < -0.3 is 15.4 Å². The zero-order valence-corrected chi connectivity index (χ0v) is 11.1. The Labute approximate surface area is 109 Å². The van der Waals surface area contributed by atoms with E-state index in [1.54, 1.807) is 0 Å². The van der Waals surface area contributed by atoms with Gasteiger partial charge in [0.2, 0.25) is 0 Å². The number of nitrogens with one attached hydrogen (secondary N) is 2. The van der Waals surface area contributed by atoms with Crippen molar-refractivity contribution in [1.82, 2.24) is 10.6 Å². The lowest BCUT2D eigenvalue weighted by atomic mass is 9.99. The second-order valence-electron chi connectivity index (χ2n) is 4.92. The van der Waals surface area contributed by atoms with Crippen LogP contribution in [0.1, 0.15) is 38.5 Å². The average molecular weight is 263 g/mol. The minimum Gasteiger partial charge on any atom is -0.449 e. The first kappa shape index (κ1) is 14.6. The number of carbonyl (C=O) groups excluding carboxylic acids is 1. The lowest BCUT2D eigenvalue weighted by Crippen LogP contribution is -2.36.